The van der Waals surface area contributed by atoms with E-state index in [1.165, 1.54) is 39.0 Å². The lowest BCUT2D eigenvalue weighted by atomic mass is 9.44. The molecule has 11 atom stereocenters. The molecule has 3 aliphatic carbocycles. The number of amides is 1. The number of esters is 4. The van der Waals surface area contributed by atoms with Crippen LogP contribution in [0.25, 0.3) is 0 Å². The van der Waals surface area contributed by atoms with Crippen molar-refractivity contribution in [3.05, 3.63) is 94.6 Å². The zero-order valence-electron chi connectivity index (χ0n) is 35.1. The lowest BCUT2D eigenvalue weighted by Crippen LogP contribution is -2.82. The lowest BCUT2D eigenvalue weighted by Gasteiger charge is -2.67. The van der Waals surface area contributed by atoms with E-state index < -0.39 is 119 Å². The summed E-state index contributed by atoms with van der Waals surface area (Å²) in [7, 11) is 0. The van der Waals surface area contributed by atoms with E-state index in [1.807, 2.05) is 0 Å². The molecule has 5 N–H and O–H groups in total. The second kappa shape index (κ2) is 16.9. The van der Waals surface area contributed by atoms with Crippen molar-refractivity contribution in [3.8, 4) is 0 Å². The van der Waals surface area contributed by atoms with Gasteiger partial charge >= 0.3 is 23.9 Å². The molecule has 0 unspecified atom stereocenters. The van der Waals surface area contributed by atoms with Crippen molar-refractivity contribution in [2.24, 2.45) is 16.7 Å². The highest BCUT2D eigenvalue weighted by Gasteiger charge is 2.78. The molecule has 1 saturated heterocycles. The molecule has 1 aliphatic heterocycles. The topological polar surface area (TPSA) is 242 Å². The molecule has 1 heterocycles. The van der Waals surface area contributed by atoms with Gasteiger partial charge < -0.3 is 49.4 Å². The summed E-state index contributed by atoms with van der Waals surface area (Å²) >= 11 is 0. The van der Waals surface area contributed by atoms with Crippen molar-refractivity contribution >= 4 is 35.6 Å². The molecule has 2 saturated carbocycles. The third kappa shape index (κ3) is 7.69. The largest absolute Gasteiger partial charge is 0.456 e. The van der Waals surface area contributed by atoms with Crippen molar-refractivity contribution in [3.63, 3.8) is 0 Å². The molecule has 328 valence electrons. The number of ether oxygens (including phenoxy) is 5. The lowest BCUT2D eigenvalue weighted by molar-refractivity contribution is -0.346. The number of rotatable bonds is 11. The van der Waals surface area contributed by atoms with E-state index in [0.717, 1.165) is 13.8 Å². The Hall–Kier alpha value is -5.26. The van der Waals surface area contributed by atoms with Crippen LogP contribution in [-0.4, -0.2) is 117 Å². The number of hydrogen-bond donors (Lipinski definition) is 5. The van der Waals surface area contributed by atoms with Crippen LogP contribution in [0.15, 0.2) is 83.5 Å². The Balaban J connectivity index is 1.55. The smallest absolute Gasteiger partial charge is 0.338 e. The molecular weight excluding hydrogens is 794 g/mol. The van der Waals surface area contributed by atoms with Crippen LogP contribution in [-0.2, 0) is 47.7 Å². The number of carbonyl (C=O) groups excluding carboxylic acids is 6. The molecular formula is C45H53NO15. The molecule has 0 spiro atoms. The monoisotopic (exact) mass is 847 g/mol. The van der Waals surface area contributed by atoms with Gasteiger partial charge in [-0.3, -0.25) is 19.2 Å². The van der Waals surface area contributed by atoms with Crippen LogP contribution in [0.2, 0.25) is 0 Å². The second-order valence-electron chi connectivity index (χ2n) is 17.1. The van der Waals surface area contributed by atoms with Gasteiger partial charge in [-0.1, -0.05) is 68.5 Å². The third-order valence-electron chi connectivity index (χ3n) is 13.2. The zero-order valence-corrected chi connectivity index (χ0v) is 35.1. The normalized spacial score (nSPS) is 32.6. The SMILES string of the molecule is CC(=O)O[C@H]1C(=O)[C@@]2(C)[C@H]([C@H](OC(=O)c3ccccc3)[C@]3(O)C[C@H](OC(=O)[C@H](O)[C@@H](NC(=O)/C(C)=C/CO)c4ccccc4)C(C)=C1C3(C)C)[C@]1(OC(C)=O)CO[C@@H]1C[C@@H]2O. The van der Waals surface area contributed by atoms with Gasteiger partial charge in [0.25, 0.3) is 0 Å². The molecule has 0 aromatic heterocycles. The summed E-state index contributed by atoms with van der Waals surface area (Å²) in [6.45, 7) is 8.87. The van der Waals surface area contributed by atoms with Crippen LogP contribution in [0.1, 0.15) is 83.3 Å². The Bertz CT molecular complexity index is 2130. The van der Waals surface area contributed by atoms with Gasteiger partial charge in [-0.2, -0.15) is 0 Å². The van der Waals surface area contributed by atoms with E-state index >= 15 is 4.79 Å². The maximum atomic E-state index is 15.4. The van der Waals surface area contributed by atoms with Crippen molar-refractivity contribution in [1.82, 2.24) is 5.32 Å². The first-order valence-corrected chi connectivity index (χ1v) is 20.1. The first-order valence-electron chi connectivity index (χ1n) is 20.1. The summed E-state index contributed by atoms with van der Waals surface area (Å²) < 4.78 is 30.1. The molecule has 2 aromatic rings. The number of hydrogen-bond acceptors (Lipinski definition) is 15. The molecule has 61 heavy (non-hydrogen) atoms. The predicted octanol–water partition coefficient (Wildman–Crippen LogP) is 2.36. The number of nitrogens with one attached hydrogen (secondary N) is 1. The summed E-state index contributed by atoms with van der Waals surface area (Å²) in [5.74, 6) is -7.04. The number of aliphatic hydroxyl groups is 4. The number of aliphatic hydroxyl groups excluding tert-OH is 3. The van der Waals surface area contributed by atoms with Crippen LogP contribution in [0.4, 0.5) is 0 Å². The highest BCUT2D eigenvalue weighted by molar-refractivity contribution is 5.96. The van der Waals surface area contributed by atoms with Crippen molar-refractivity contribution in [2.75, 3.05) is 13.2 Å². The summed E-state index contributed by atoms with van der Waals surface area (Å²) in [5, 5.41) is 49.3. The zero-order chi connectivity index (χ0) is 44.8. The maximum Gasteiger partial charge on any atom is 0.338 e. The fourth-order valence-electron chi connectivity index (χ4n) is 9.85. The average Bonchev–Trinajstić information content (AvgIpc) is 3.21. The molecule has 0 radical (unpaired) electrons. The van der Waals surface area contributed by atoms with Gasteiger partial charge in [-0.25, -0.2) is 9.59 Å². The van der Waals surface area contributed by atoms with Gasteiger partial charge in [0.05, 0.1) is 42.3 Å². The number of ketones is 1. The predicted molar refractivity (Wildman–Crippen MR) is 213 cm³/mol. The second-order valence-corrected chi connectivity index (χ2v) is 17.1. The number of carbonyl (C=O) groups is 6. The van der Waals surface area contributed by atoms with E-state index in [0.29, 0.717) is 5.56 Å². The van der Waals surface area contributed by atoms with Gasteiger partial charge in [0, 0.05) is 37.7 Å². The van der Waals surface area contributed by atoms with E-state index in [-0.39, 0.29) is 35.3 Å². The Morgan fingerprint density at radius 1 is 0.934 bits per heavy atom. The number of benzene rings is 2. The van der Waals surface area contributed by atoms with Gasteiger partial charge in [-0.15, -0.1) is 0 Å². The van der Waals surface area contributed by atoms with Crippen LogP contribution < -0.4 is 5.32 Å². The van der Waals surface area contributed by atoms with Crippen LogP contribution in [0.3, 0.4) is 0 Å². The molecule has 16 heteroatoms. The minimum atomic E-state index is -2.41. The van der Waals surface area contributed by atoms with Crippen molar-refractivity contribution in [1.29, 1.82) is 0 Å². The number of fused-ring (bicyclic) bond motifs is 5. The fourth-order valence-corrected chi connectivity index (χ4v) is 9.85. The minimum absolute atomic E-state index is 0.0208. The number of Topliss-reactive ketones (excluding diaryl/α,β-unsaturated/α-hetero) is 1. The Morgan fingerprint density at radius 3 is 2.11 bits per heavy atom. The Morgan fingerprint density at radius 2 is 1.56 bits per heavy atom. The van der Waals surface area contributed by atoms with Gasteiger partial charge in [0.2, 0.25) is 5.91 Å². The van der Waals surface area contributed by atoms with E-state index in [2.05, 4.69) is 5.32 Å². The van der Waals surface area contributed by atoms with Gasteiger partial charge in [0.1, 0.15) is 23.9 Å². The van der Waals surface area contributed by atoms with Crippen LogP contribution in [0, 0.1) is 16.7 Å². The summed E-state index contributed by atoms with van der Waals surface area (Å²) in [6, 6.07) is 14.5. The molecule has 3 fully saturated rings. The molecule has 6 rings (SSSR count). The highest BCUT2D eigenvalue weighted by Crippen LogP contribution is 2.64. The van der Waals surface area contributed by atoms with E-state index in [4.69, 9.17) is 23.7 Å². The molecule has 16 nitrogen and oxygen atoms in total. The van der Waals surface area contributed by atoms with Crippen molar-refractivity contribution < 1.29 is 72.9 Å². The Labute approximate surface area is 352 Å². The molecule has 4 aliphatic rings. The average molecular weight is 848 g/mol. The minimum Gasteiger partial charge on any atom is -0.456 e. The summed E-state index contributed by atoms with van der Waals surface area (Å²) in [4.78, 5) is 82.9. The maximum absolute atomic E-state index is 15.4. The molecule has 2 bridgehead atoms. The van der Waals surface area contributed by atoms with Crippen LogP contribution >= 0.6 is 0 Å². The summed E-state index contributed by atoms with van der Waals surface area (Å²) in [6.07, 6.45) is -9.40. The quantitative estimate of drug-likeness (QED) is 0.0944. The first kappa shape index (κ1) is 45.3. The fraction of sp³-hybridized carbons (Fsp3) is 0.511. The Kier molecular flexibility index (Phi) is 12.5. The van der Waals surface area contributed by atoms with Crippen LogP contribution in [0.5, 0.6) is 0 Å². The van der Waals surface area contributed by atoms with Crippen molar-refractivity contribution in [2.45, 2.75) is 115 Å². The van der Waals surface area contributed by atoms with E-state index in [1.54, 1.807) is 62.4 Å². The first-order chi connectivity index (χ1) is 28.6. The third-order valence-corrected chi connectivity index (χ3v) is 13.2. The van der Waals surface area contributed by atoms with Gasteiger partial charge in [0.15, 0.2) is 23.6 Å². The van der Waals surface area contributed by atoms with E-state index in [9.17, 15) is 44.4 Å². The highest BCUT2D eigenvalue weighted by atomic mass is 16.6. The van der Waals surface area contributed by atoms with Gasteiger partial charge in [-0.05, 0) is 49.6 Å². The molecule has 1 amide bonds. The molecule has 2 aromatic carbocycles. The standard InChI is InChI=1S/C45H53NO15/c1-23(18-19-47)39(53)46-33(27-14-10-8-11-15-27)34(51)41(55)59-29-21-45(56)38(60-40(54)28-16-12-9-13-17-28)36-43(7,30(50)20-31-44(36,22-57-31)61-26(4)49)37(52)35(58-25(3)48)32(24(29)2)42(45,5)6/h8-18,29-31,33-36,38,47,50-51,56H,19-22H2,1-7H3,(H,46,53)/b23-18+/t29-,30-,31+,33-,34+,35+,36-,38-,43+,44-,45+/m0/s1. The summed E-state index contributed by atoms with van der Waals surface area (Å²) in [5.41, 5.74) is -7.32.